The van der Waals surface area contributed by atoms with E-state index in [0.717, 1.165) is 30.0 Å². The Bertz CT molecular complexity index is 431. The average molecular weight is 292 g/mol. The van der Waals surface area contributed by atoms with Crippen molar-refractivity contribution >= 4 is 5.69 Å². The molecule has 2 atom stereocenters. The Hall–Kier alpha value is -1.26. The van der Waals surface area contributed by atoms with Gasteiger partial charge in [-0.3, -0.25) is 0 Å². The topological polar surface area (TPSA) is 53.5 Å². The SMILES string of the molecule is CCOc1ccc(NC(C)CC2CCCCN2)cc1CO. The minimum atomic E-state index is 0.00339. The quantitative estimate of drug-likeness (QED) is 0.723. The Labute approximate surface area is 127 Å². The van der Waals surface area contributed by atoms with Gasteiger partial charge in [0.1, 0.15) is 5.75 Å². The number of anilines is 1. The van der Waals surface area contributed by atoms with Gasteiger partial charge in [0.05, 0.1) is 13.2 Å². The summed E-state index contributed by atoms with van der Waals surface area (Å²) in [5.41, 5.74) is 1.88. The van der Waals surface area contributed by atoms with Crippen LogP contribution in [0.4, 0.5) is 5.69 Å². The van der Waals surface area contributed by atoms with Gasteiger partial charge in [-0.25, -0.2) is 0 Å². The van der Waals surface area contributed by atoms with Gasteiger partial charge in [0.2, 0.25) is 0 Å². The molecule has 0 saturated carbocycles. The highest BCUT2D eigenvalue weighted by Crippen LogP contribution is 2.24. The van der Waals surface area contributed by atoms with Crippen LogP contribution < -0.4 is 15.4 Å². The van der Waals surface area contributed by atoms with E-state index in [9.17, 15) is 5.11 Å². The highest BCUT2D eigenvalue weighted by atomic mass is 16.5. The summed E-state index contributed by atoms with van der Waals surface area (Å²) in [6.45, 7) is 5.93. The second-order valence-corrected chi connectivity index (χ2v) is 5.84. The molecule has 1 heterocycles. The molecule has 1 aromatic rings. The number of hydrogen-bond acceptors (Lipinski definition) is 4. The van der Waals surface area contributed by atoms with Crippen LogP contribution in [-0.2, 0) is 6.61 Å². The van der Waals surface area contributed by atoms with Crippen molar-refractivity contribution < 1.29 is 9.84 Å². The highest BCUT2D eigenvalue weighted by Gasteiger charge is 2.16. The molecular weight excluding hydrogens is 264 g/mol. The summed E-state index contributed by atoms with van der Waals surface area (Å²) in [6.07, 6.45) is 5.04. The minimum absolute atomic E-state index is 0.00339. The van der Waals surface area contributed by atoms with Crippen LogP contribution in [0.2, 0.25) is 0 Å². The molecule has 0 spiro atoms. The van der Waals surface area contributed by atoms with Crippen molar-refractivity contribution in [1.82, 2.24) is 5.32 Å². The lowest BCUT2D eigenvalue weighted by Crippen LogP contribution is -2.37. The maximum absolute atomic E-state index is 9.45. The van der Waals surface area contributed by atoms with Crippen molar-refractivity contribution in [2.75, 3.05) is 18.5 Å². The molecule has 1 saturated heterocycles. The first-order valence-corrected chi connectivity index (χ1v) is 8.09. The maximum Gasteiger partial charge on any atom is 0.124 e. The van der Waals surface area contributed by atoms with Gasteiger partial charge in [-0.2, -0.15) is 0 Å². The van der Waals surface area contributed by atoms with Gasteiger partial charge in [0.25, 0.3) is 0 Å². The first-order valence-electron chi connectivity index (χ1n) is 8.09. The third-order valence-corrected chi connectivity index (χ3v) is 3.99. The van der Waals surface area contributed by atoms with Crippen molar-refractivity contribution in [3.05, 3.63) is 23.8 Å². The van der Waals surface area contributed by atoms with Crippen LogP contribution >= 0.6 is 0 Å². The molecular formula is C17H28N2O2. The molecule has 0 aliphatic carbocycles. The summed E-state index contributed by atoms with van der Waals surface area (Å²) in [5, 5.41) is 16.6. The summed E-state index contributed by atoms with van der Waals surface area (Å²) >= 11 is 0. The van der Waals surface area contributed by atoms with E-state index in [4.69, 9.17) is 4.74 Å². The van der Waals surface area contributed by atoms with Crippen LogP contribution in [0.15, 0.2) is 18.2 Å². The molecule has 0 aromatic heterocycles. The van der Waals surface area contributed by atoms with Gasteiger partial charge in [0, 0.05) is 23.3 Å². The van der Waals surface area contributed by atoms with Crippen LogP contribution in [0, 0.1) is 0 Å². The molecule has 1 aromatic carbocycles. The fourth-order valence-electron chi connectivity index (χ4n) is 2.98. The fraction of sp³-hybridized carbons (Fsp3) is 0.647. The van der Waals surface area contributed by atoms with Crippen LogP contribution in [0.5, 0.6) is 5.75 Å². The molecule has 0 bridgehead atoms. The van der Waals surface area contributed by atoms with Crippen molar-refractivity contribution in [3.63, 3.8) is 0 Å². The van der Waals surface area contributed by atoms with Crippen molar-refractivity contribution in [3.8, 4) is 5.75 Å². The number of hydrogen-bond donors (Lipinski definition) is 3. The number of piperidine rings is 1. The van der Waals surface area contributed by atoms with E-state index in [0.29, 0.717) is 18.7 Å². The second-order valence-electron chi connectivity index (χ2n) is 5.84. The number of benzene rings is 1. The Morgan fingerprint density at radius 3 is 2.95 bits per heavy atom. The Balaban J connectivity index is 1.91. The van der Waals surface area contributed by atoms with E-state index in [-0.39, 0.29) is 6.61 Å². The van der Waals surface area contributed by atoms with E-state index in [1.807, 2.05) is 25.1 Å². The van der Waals surface area contributed by atoms with Crippen molar-refractivity contribution in [2.24, 2.45) is 0 Å². The molecule has 4 nitrogen and oxygen atoms in total. The summed E-state index contributed by atoms with van der Waals surface area (Å²) in [5.74, 6) is 0.771. The van der Waals surface area contributed by atoms with Crippen LogP contribution in [0.25, 0.3) is 0 Å². The van der Waals surface area contributed by atoms with Gasteiger partial charge >= 0.3 is 0 Å². The monoisotopic (exact) mass is 292 g/mol. The summed E-state index contributed by atoms with van der Waals surface area (Å²) in [7, 11) is 0. The molecule has 3 N–H and O–H groups in total. The standard InChI is InChI=1S/C17H28N2O2/c1-3-21-17-8-7-16(11-14(17)12-20)19-13(2)10-15-6-4-5-9-18-15/h7-8,11,13,15,18-20H,3-6,9-10,12H2,1-2H3. The minimum Gasteiger partial charge on any atom is -0.494 e. The molecule has 2 rings (SSSR count). The second kappa shape index (κ2) is 8.25. The van der Waals surface area contributed by atoms with Crippen molar-refractivity contribution in [1.29, 1.82) is 0 Å². The van der Waals surface area contributed by atoms with Gasteiger partial charge in [-0.1, -0.05) is 6.42 Å². The third kappa shape index (κ3) is 4.90. The third-order valence-electron chi connectivity index (χ3n) is 3.99. The molecule has 1 aliphatic heterocycles. The molecule has 0 radical (unpaired) electrons. The van der Waals surface area contributed by atoms with E-state index in [1.54, 1.807) is 0 Å². The zero-order valence-electron chi connectivity index (χ0n) is 13.2. The van der Waals surface area contributed by atoms with Crippen molar-refractivity contribution in [2.45, 2.75) is 58.2 Å². The number of rotatable bonds is 7. The first kappa shape index (κ1) is 16.1. The molecule has 2 unspecified atom stereocenters. The van der Waals surface area contributed by atoms with Gasteiger partial charge < -0.3 is 20.5 Å². The number of aliphatic hydroxyl groups is 1. The Kier molecular flexibility index (Phi) is 6.33. The summed E-state index contributed by atoms with van der Waals surface area (Å²) in [4.78, 5) is 0. The summed E-state index contributed by atoms with van der Waals surface area (Å²) in [6, 6.07) is 6.97. The predicted molar refractivity (Wildman–Crippen MR) is 86.9 cm³/mol. The lowest BCUT2D eigenvalue weighted by Gasteiger charge is -2.27. The highest BCUT2D eigenvalue weighted by molar-refractivity contribution is 5.51. The molecule has 4 heteroatoms. The maximum atomic E-state index is 9.45. The lowest BCUT2D eigenvalue weighted by atomic mass is 9.98. The average Bonchev–Trinajstić information content (AvgIpc) is 2.50. The molecule has 1 fully saturated rings. The van der Waals surface area contributed by atoms with E-state index in [1.165, 1.54) is 19.3 Å². The summed E-state index contributed by atoms with van der Waals surface area (Å²) < 4.78 is 5.51. The molecule has 21 heavy (non-hydrogen) atoms. The van der Waals surface area contributed by atoms with Crippen LogP contribution in [0.1, 0.15) is 45.1 Å². The van der Waals surface area contributed by atoms with E-state index in [2.05, 4.69) is 17.6 Å². The molecule has 0 amide bonds. The van der Waals surface area contributed by atoms with E-state index >= 15 is 0 Å². The van der Waals surface area contributed by atoms with Crippen LogP contribution in [-0.4, -0.2) is 30.3 Å². The van der Waals surface area contributed by atoms with Gasteiger partial charge in [-0.15, -0.1) is 0 Å². The normalized spacial score (nSPS) is 20.0. The largest absolute Gasteiger partial charge is 0.494 e. The zero-order valence-corrected chi connectivity index (χ0v) is 13.2. The van der Waals surface area contributed by atoms with E-state index < -0.39 is 0 Å². The molecule has 1 aliphatic rings. The predicted octanol–water partition coefficient (Wildman–Crippen LogP) is 2.91. The Morgan fingerprint density at radius 1 is 1.43 bits per heavy atom. The first-order chi connectivity index (χ1) is 10.2. The fourth-order valence-corrected chi connectivity index (χ4v) is 2.98. The lowest BCUT2D eigenvalue weighted by molar-refractivity contribution is 0.267. The zero-order chi connectivity index (χ0) is 15.1. The molecule has 118 valence electrons. The Morgan fingerprint density at radius 2 is 2.29 bits per heavy atom. The van der Waals surface area contributed by atoms with Gasteiger partial charge in [0.15, 0.2) is 0 Å². The number of nitrogens with one attached hydrogen (secondary N) is 2. The smallest absolute Gasteiger partial charge is 0.124 e. The van der Waals surface area contributed by atoms with Gasteiger partial charge in [-0.05, 0) is 57.9 Å². The van der Waals surface area contributed by atoms with Crippen LogP contribution in [0.3, 0.4) is 0 Å². The number of aliphatic hydroxyl groups excluding tert-OH is 1. The number of ether oxygens (including phenoxy) is 1.